The third-order valence-corrected chi connectivity index (χ3v) is 4.58. The van der Waals surface area contributed by atoms with Crippen LogP contribution >= 0.6 is 11.5 Å². The molecule has 0 aliphatic carbocycles. The SMILES string of the molecule is CNC(c1snnc1C(C)C)c1cccc2ccccc12. The van der Waals surface area contributed by atoms with Gasteiger partial charge in [-0.1, -0.05) is 60.8 Å². The van der Waals surface area contributed by atoms with Crippen LogP contribution in [0.1, 0.15) is 41.9 Å². The van der Waals surface area contributed by atoms with Crippen LogP contribution in [-0.4, -0.2) is 16.6 Å². The van der Waals surface area contributed by atoms with Crippen molar-refractivity contribution in [2.75, 3.05) is 7.05 Å². The lowest BCUT2D eigenvalue weighted by Gasteiger charge is -2.19. The van der Waals surface area contributed by atoms with Crippen molar-refractivity contribution in [1.82, 2.24) is 14.9 Å². The van der Waals surface area contributed by atoms with Gasteiger partial charge in [-0.3, -0.25) is 0 Å². The molecule has 1 aromatic heterocycles. The maximum atomic E-state index is 4.32. The molecular weight excluding hydrogens is 278 g/mol. The summed E-state index contributed by atoms with van der Waals surface area (Å²) in [6.07, 6.45) is 0. The highest BCUT2D eigenvalue weighted by Gasteiger charge is 2.22. The number of aromatic nitrogens is 2. The fourth-order valence-electron chi connectivity index (χ4n) is 2.74. The van der Waals surface area contributed by atoms with Gasteiger partial charge in [-0.15, -0.1) is 5.10 Å². The molecule has 1 atom stereocenters. The summed E-state index contributed by atoms with van der Waals surface area (Å²) < 4.78 is 4.17. The van der Waals surface area contributed by atoms with Crippen molar-refractivity contribution in [2.24, 2.45) is 0 Å². The number of nitrogens with one attached hydrogen (secondary N) is 1. The Labute approximate surface area is 129 Å². The van der Waals surface area contributed by atoms with Crippen LogP contribution in [0.15, 0.2) is 42.5 Å². The Balaban J connectivity index is 2.17. The first kappa shape index (κ1) is 14.2. The van der Waals surface area contributed by atoms with Crippen LogP contribution in [0.25, 0.3) is 10.8 Å². The van der Waals surface area contributed by atoms with Crippen molar-refractivity contribution in [3.05, 3.63) is 58.6 Å². The number of hydrogen-bond acceptors (Lipinski definition) is 4. The average Bonchev–Trinajstić information content (AvgIpc) is 2.98. The van der Waals surface area contributed by atoms with E-state index in [0.717, 1.165) is 5.69 Å². The number of rotatable bonds is 4. The van der Waals surface area contributed by atoms with Crippen molar-refractivity contribution in [3.63, 3.8) is 0 Å². The van der Waals surface area contributed by atoms with E-state index in [1.807, 2.05) is 7.05 Å². The molecule has 0 aliphatic heterocycles. The van der Waals surface area contributed by atoms with Gasteiger partial charge >= 0.3 is 0 Å². The summed E-state index contributed by atoms with van der Waals surface area (Å²) in [4.78, 5) is 1.21. The Bertz CT molecular complexity index is 743. The van der Waals surface area contributed by atoms with Crippen molar-refractivity contribution in [3.8, 4) is 0 Å². The van der Waals surface area contributed by atoms with Crippen molar-refractivity contribution < 1.29 is 0 Å². The zero-order valence-electron chi connectivity index (χ0n) is 12.5. The maximum Gasteiger partial charge on any atom is 0.0832 e. The standard InChI is InChI=1S/C17H19N3S/c1-11(2)15-17(21-20-19-15)16(18-3)14-10-6-8-12-7-4-5-9-13(12)14/h4-11,16,18H,1-3H3. The molecule has 108 valence electrons. The molecule has 0 aliphatic rings. The number of fused-ring (bicyclic) bond motifs is 1. The zero-order valence-corrected chi connectivity index (χ0v) is 13.3. The fraction of sp³-hybridized carbons (Fsp3) is 0.294. The van der Waals surface area contributed by atoms with E-state index in [1.54, 1.807) is 0 Å². The van der Waals surface area contributed by atoms with Crippen molar-refractivity contribution in [2.45, 2.75) is 25.8 Å². The molecule has 0 amide bonds. The largest absolute Gasteiger partial charge is 0.309 e. The zero-order chi connectivity index (χ0) is 14.8. The molecule has 3 rings (SSSR count). The van der Waals surface area contributed by atoms with Crippen molar-refractivity contribution >= 4 is 22.3 Å². The van der Waals surface area contributed by atoms with Gasteiger partial charge < -0.3 is 5.32 Å². The maximum absolute atomic E-state index is 4.32. The van der Waals surface area contributed by atoms with Gasteiger partial charge in [0.15, 0.2) is 0 Å². The smallest absolute Gasteiger partial charge is 0.0832 e. The van der Waals surface area contributed by atoms with Crippen LogP contribution in [0.5, 0.6) is 0 Å². The predicted octanol–water partition coefficient (Wildman–Crippen LogP) is 4.12. The topological polar surface area (TPSA) is 37.8 Å². The number of hydrogen-bond donors (Lipinski definition) is 1. The summed E-state index contributed by atoms with van der Waals surface area (Å²) in [6, 6.07) is 15.1. The van der Waals surface area contributed by atoms with Crippen LogP contribution in [0.4, 0.5) is 0 Å². The lowest BCUT2D eigenvalue weighted by atomic mass is 9.95. The molecule has 3 aromatic rings. The molecule has 0 radical (unpaired) electrons. The first-order valence-electron chi connectivity index (χ1n) is 7.19. The summed E-state index contributed by atoms with van der Waals surface area (Å²) in [5, 5.41) is 10.3. The number of nitrogens with zero attached hydrogens (tertiary/aromatic N) is 2. The van der Waals surface area contributed by atoms with Gasteiger partial charge in [0.05, 0.1) is 16.6 Å². The molecule has 0 saturated carbocycles. The van der Waals surface area contributed by atoms with E-state index in [1.165, 1.54) is 32.7 Å². The average molecular weight is 297 g/mol. The third-order valence-electron chi connectivity index (χ3n) is 3.77. The Morgan fingerprint density at radius 3 is 2.57 bits per heavy atom. The Hall–Kier alpha value is -1.78. The molecule has 0 spiro atoms. The first-order valence-corrected chi connectivity index (χ1v) is 7.96. The van der Waals surface area contributed by atoms with E-state index in [0.29, 0.717) is 5.92 Å². The van der Waals surface area contributed by atoms with Crippen LogP contribution < -0.4 is 5.32 Å². The van der Waals surface area contributed by atoms with Gasteiger partial charge in [0.1, 0.15) is 0 Å². The minimum Gasteiger partial charge on any atom is -0.309 e. The monoisotopic (exact) mass is 297 g/mol. The van der Waals surface area contributed by atoms with E-state index in [4.69, 9.17) is 0 Å². The second-order valence-electron chi connectivity index (χ2n) is 5.47. The minimum absolute atomic E-state index is 0.133. The summed E-state index contributed by atoms with van der Waals surface area (Å²) in [5.41, 5.74) is 2.37. The third kappa shape index (κ3) is 2.57. The van der Waals surface area contributed by atoms with Crippen molar-refractivity contribution in [1.29, 1.82) is 0 Å². The quantitative estimate of drug-likeness (QED) is 0.787. The van der Waals surface area contributed by atoms with Gasteiger partial charge in [0.25, 0.3) is 0 Å². The fourth-order valence-corrected chi connectivity index (χ4v) is 3.67. The Kier molecular flexibility index (Phi) is 3.99. The van der Waals surface area contributed by atoms with E-state index < -0.39 is 0 Å². The molecule has 1 unspecified atom stereocenters. The van der Waals surface area contributed by atoms with E-state index >= 15 is 0 Å². The van der Waals surface area contributed by atoms with Gasteiger partial charge in [0, 0.05) is 0 Å². The highest BCUT2D eigenvalue weighted by molar-refractivity contribution is 7.05. The molecular formula is C17H19N3S. The highest BCUT2D eigenvalue weighted by Crippen LogP contribution is 2.33. The second kappa shape index (κ2) is 5.92. The van der Waals surface area contributed by atoms with E-state index in [2.05, 4.69) is 71.2 Å². The van der Waals surface area contributed by atoms with E-state index in [9.17, 15) is 0 Å². The Morgan fingerprint density at radius 2 is 1.81 bits per heavy atom. The lowest BCUT2D eigenvalue weighted by Crippen LogP contribution is -2.18. The molecule has 0 saturated heterocycles. The normalized spacial score (nSPS) is 13.0. The Morgan fingerprint density at radius 1 is 1.05 bits per heavy atom. The van der Waals surface area contributed by atoms with Crippen LogP contribution in [0.3, 0.4) is 0 Å². The summed E-state index contributed by atoms with van der Waals surface area (Å²) >= 11 is 1.49. The lowest BCUT2D eigenvalue weighted by molar-refractivity contribution is 0.683. The van der Waals surface area contributed by atoms with Crippen LogP contribution in [-0.2, 0) is 0 Å². The molecule has 1 heterocycles. The predicted molar refractivity (Wildman–Crippen MR) is 88.8 cm³/mol. The van der Waals surface area contributed by atoms with Crippen LogP contribution in [0, 0.1) is 0 Å². The molecule has 4 heteroatoms. The molecule has 2 aromatic carbocycles. The van der Waals surface area contributed by atoms with Gasteiger partial charge in [0.2, 0.25) is 0 Å². The molecule has 0 fully saturated rings. The molecule has 1 N–H and O–H groups in total. The molecule has 0 bridgehead atoms. The number of benzene rings is 2. The van der Waals surface area contributed by atoms with Crippen LogP contribution in [0.2, 0.25) is 0 Å². The second-order valence-corrected chi connectivity index (χ2v) is 6.25. The van der Waals surface area contributed by atoms with E-state index in [-0.39, 0.29) is 6.04 Å². The molecule has 3 nitrogen and oxygen atoms in total. The highest BCUT2D eigenvalue weighted by atomic mass is 32.1. The molecule has 21 heavy (non-hydrogen) atoms. The first-order chi connectivity index (χ1) is 10.2. The van der Waals surface area contributed by atoms with Gasteiger partial charge in [-0.25, -0.2) is 0 Å². The summed E-state index contributed by atoms with van der Waals surface area (Å²) in [5.74, 6) is 0.379. The minimum atomic E-state index is 0.133. The van der Waals surface area contributed by atoms with Gasteiger partial charge in [-0.05, 0) is 40.8 Å². The summed E-state index contributed by atoms with van der Waals surface area (Å²) in [7, 11) is 2.00. The summed E-state index contributed by atoms with van der Waals surface area (Å²) in [6.45, 7) is 4.33. The van der Waals surface area contributed by atoms with Gasteiger partial charge in [-0.2, -0.15) is 0 Å².